The molecule has 0 aliphatic carbocycles. The summed E-state index contributed by atoms with van der Waals surface area (Å²) < 4.78 is 7.44. The first-order chi connectivity index (χ1) is 11.2. The van der Waals surface area contributed by atoms with E-state index < -0.39 is 0 Å². The molecule has 0 aliphatic rings. The highest BCUT2D eigenvalue weighted by Crippen LogP contribution is 2.15. The molecule has 120 valence electrons. The summed E-state index contributed by atoms with van der Waals surface area (Å²) in [5.74, 6) is 0.746. The molecule has 0 radical (unpaired) electrons. The summed E-state index contributed by atoms with van der Waals surface area (Å²) >= 11 is 0. The van der Waals surface area contributed by atoms with Crippen LogP contribution in [0.4, 0.5) is 0 Å². The van der Waals surface area contributed by atoms with Crippen LogP contribution in [-0.2, 0) is 11.2 Å². The number of amides is 1. The molecule has 0 fully saturated rings. The standard InChI is InChI=1S/C17H20N4O2/c1-13(21-11-5-10-19-21)12-16(22)18-9-4-8-17-20-14-6-2-3-7-15(14)23-17/h2-3,5-7,10-11,13H,4,8-9,12H2,1H3,(H,18,22). The van der Waals surface area contributed by atoms with E-state index in [1.165, 1.54) is 0 Å². The van der Waals surface area contributed by atoms with Gasteiger partial charge in [0, 0.05) is 31.8 Å². The number of aromatic nitrogens is 3. The number of oxazole rings is 1. The van der Waals surface area contributed by atoms with Crippen molar-refractivity contribution in [2.45, 2.75) is 32.2 Å². The van der Waals surface area contributed by atoms with Crippen molar-refractivity contribution in [2.24, 2.45) is 0 Å². The predicted molar refractivity (Wildman–Crippen MR) is 86.9 cm³/mol. The lowest BCUT2D eigenvalue weighted by atomic mass is 10.2. The number of rotatable bonds is 7. The zero-order valence-electron chi connectivity index (χ0n) is 13.1. The second-order valence-electron chi connectivity index (χ2n) is 5.57. The molecule has 1 aromatic carbocycles. The molecule has 3 aromatic rings. The van der Waals surface area contributed by atoms with Crippen LogP contribution in [0.25, 0.3) is 11.1 Å². The summed E-state index contributed by atoms with van der Waals surface area (Å²) in [5.41, 5.74) is 1.68. The molecule has 1 unspecified atom stereocenters. The van der Waals surface area contributed by atoms with Crippen molar-refractivity contribution in [3.05, 3.63) is 48.6 Å². The SMILES string of the molecule is CC(CC(=O)NCCCc1nc2ccccc2o1)n1cccn1. The number of benzene rings is 1. The van der Waals surface area contributed by atoms with Crippen LogP contribution in [0.1, 0.15) is 31.7 Å². The van der Waals surface area contributed by atoms with E-state index in [4.69, 9.17) is 4.42 Å². The quantitative estimate of drug-likeness (QED) is 0.681. The number of hydrogen-bond acceptors (Lipinski definition) is 4. The van der Waals surface area contributed by atoms with Gasteiger partial charge in [-0.3, -0.25) is 9.48 Å². The van der Waals surface area contributed by atoms with Crippen molar-refractivity contribution in [3.63, 3.8) is 0 Å². The van der Waals surface area contributed by atoms with Gasteiger partial charge in [-0.15, -0.1) is 0 Å². The summed E-state index contributed by atoms with van der Waals surface area (Å²) in [6.07, 6.45) is 5.52. The van der Waals surface area contributed by atoms with Gasteiger partial charge in [0.2, 0.25) is 5.91 Å². The average Bonchev–Trinajstić information content (AvgIpc) is 3.20. The predicted octanol–water partition coefficient (Wildman–Crippen LogP) is 2.72. The lowest BCUT2D eigenvalue weighted by Gasteiger charge is -2.11. The lowest BCUT2D eigenvalue weighted by Crippen LogP contribution is -2.27. The number of fused-ring (bicyclic) bond motifs is 1. The number of carbonyl (C=O) groups is 1. The summed E-state index contributed by atoms with van der Waals surface area (Å²) in [4.78, 5) is 16.3. The number of para-hydroxylation sites is 2. The van der Waals surface area contributed by atoms with E-state index in [0.29, 0.717) is 25.3 Å². The van der Waals surface area contributed by atoms with Gasteiger partial charge >= 0.3 is 0 Å². The molecule has 0 saturated carbocycles. The van der Waals surface area contributed by atoms with Gasteiger partial charge in [0.05, 0.1) is 6.04 Å². The van der Waals surface area contributed by atoms with E-state index in [1.807, 2.05) is 43.5 Å². The van der Waals surface area contributed by atoms with E-state index in [1.54, 1.807) is 10.9 Å². The average molecular weight is 312 g/mol. The van der Waals surface area contributed by atoms with Crippen LogP contribution in [0.3, 0.4) is 0 Å². The van der Waals surface area contributed by atoms with E-state index >= 15 is 0 Å². The number of nitrogens with zero attached hydrogens (tertiary/aromatic N) is 3. The monoisotopic (exact) mass is 312 g/mol. The van der Waals surface area contributed by atoms with Crippen LogP contribution >= 0.6 is 0 Å². The molecule has 2 heterocycles. The maximum absolute atomic E-state index is 11.9. The highest BCUT2D eigenvalue weighted by molar-refractivity contribution is 5.76. The van der Waals surface area contributed by atoms with Crippen LogP contribution < -0.4 is 5.32 Å². The Kier molecular flexibility index (Phi) is 4.71. The Hall–Kier alpha value is -2.63. The Morgan fingerprint density at radius 2 is 2.22 bits per heavy atom. The molecule has 2 aromatic heterocycles. The summed E-state index contributed by atoms with van der Waals surface area (Å²) in [6, 6.07) is 9.62. The fourth-order valence-electron chi connectivity index (χ4n) is 2.47. The Bertz CT molecular complexity index is 731. The van der Waals surface area contributed by atoms with Gasteiger partial charge in [0.25, 0.3) is 0 Å². The molecular formula is C17H20N4O2. The first kappa shape index (κ1) is 15.3. The molecule has 6 nitrogen and oxygen atoms in total. The largest absolute Gasteiger partial charge is 0.441 e. The van der Waals surface area contributed by atoms with Crippen molar-refractivity contribution >= 4 is 17.0 Å². The molecule has 1 amide bonds. The normalized spacial score (nSPS) is 12.4. The molecule has 0 saturated heterocycles. The first-order valence-corrected chi connectivity index (χ1v) is 7.82. The van der Waals surface area contributed by atoms with Gasteiger partial charge in [0.1, 0.15) is 5.52 Å². The molecule has 23 heavy (non-hydrogen) atoms. The van der Waals surface area contributed by atoms with Gasteiger partial charge < -0.3 is 9.73 Å². The van der Waals surface area contributed by atoms with Crippen molar-refractivity contribution < 1.29 is 9.21 Å². The minimum Gasteiger partial charge on any atom is -0.441 e. The highest BCUT2D eigenvalue weighted by Gasteiger charge is 2.10. The Balaban J connectivity index is 1.40. The maximum Gasteiger partial charge on any atom is 0.222 e. The third-order valence-corrected chi connectivity index (χ3v) is 3.69. The highest BCUT2D eigenvalue weighted by atomic mass is 16.3. The summed E-state index contributed by atoms with van der Waals surface area (Å²) in [5, 5.41) is 7.07. The molecule has 1 N–H and O–H groups in total. The molecular weight excluding hydrogens is 292 g/mol. The van der Waals surface area contributed by atoms with Crippen molar-refractivity contribution in [3.8, 4) is 0 Å². The molecule has 0 bridgehead atoms. The van der Waals surface area contributed by atoms with Gasteiger partial charge in [-0.1, -0.05) is 12.1 Å². The minimum atomic E-state index is 0.0329. The fraction of sp³-hybridized carbons (Fsp3) is 0.353. The van der Waals surface area contributed by atoms with Crippen LogP contribution in [0, 0.1) is 0 Å². The van der Waals surface area contributed by atoms with E-state index in [9.17, 15) is 4.79 Å². The van der Waals surface area contributed by atoms with E-state index in [2.05, 4.69) is 15.4 Å². The molecule has 0 aliphatic heterocycles. The first-order valence-electron chi connectivity index (χ1n) is 7.82. The van der Waals surface area contributed by atoms with Gasteiger partial charge in [-0.05, 0) is 31.5 Å². The third-order valence-electron chi connectivity index (χ3n) is 3.69. The van der Waals surface area contributed by atoms with Crippen molar-refractivity contribution in [1.29, 1.82) is 0 Å². The van der Waals surface area contributed by atoms with Crippen molar-refractivity contribution in [2.75, 3.05) is 6.54 Å². The number of aryl methyl sites for hydroxylation is 1. The number of hydrogen-bond donors (Lipinski definition) is 1. The molecule has 0 spiro atoms. The van der Waals surface area contributed by atoms with Gasteiger partial charge in [0.15, 0.2) is 11.5 Å². The van der Waals surface area contributed by atoms with E-state index in [0.717, 1.165) is 17.5 Å². The maximum atomic E-state index is 11.9. The van der Waals surface area contributed by atoms with Gasteiger partial charge in [-0.2, -0.15) is 5.10 Å². The fourth-order valence-corrected chi connectivity index (χ4v) is 2.47. The smallest absolute Gasteiger partial charge is 0.222 e. The molecule has 6 heteroatoms. The zero-order chi connectivity index (χ0) is 16.1. The Morgan fingerprint density at radius 3 is 3.00 bits per heavy atom. The second kappa shape index (κ2) is 7.09. The van der Waals surface area contributed by atoms with Crippen LogP contribution in [0.2, 0.25) is 0 Å². The van der Waals surface area contributed by atoms with E-state index in [-0.39, 0.29) is 11.9 Å². The zero-order valence-corrected chi connectivity index (χ0v) is 13.1. The molecule has 1 atom stereocenters. The summed E-state index contributed by atoms with van der Waals surface area (Å²) in [6.45, 7) is 2.59. The Morgan fingerprint density at radius 1 is 1.35 bits per heavy atom. The Labute approximate surface area is 134 Å². The van der Waals surface area contributed by atoms with Gasteiger partial charge in [-0.25, -0.2) is 4.98 Å². The minimum absolute atomic E-state index is 0.0329. The van der Waals surface area contributed by atoms with Crippen LogP contribution in [0.5, 0.6) is 0 Å². The number of nitrogens with one attached hydrogen (secondary N) is 1. The second-order valence-corrected chi connectivity index (χ2v) is 5.57. The van der Waals surface area contributed by atoms with Crippen LogP contribution in [0.15, 0.2) is 47.1 Å². The summed E-state index contributed by atoms with van der Waals surface area (Å²) in [7, 11) is 0. The lowest BCUT2D eigenvalue weighted by molar-refractivity contribution is -0.121. The third kappa shape index (κ3) is 3.97. The van der Waals surface area contributed by atoms with Crippen LogP contribution in [-0.4, -0.2) is 27.2 Å². The van der Waals surface area contributed by atoms with Crippen molar-refractivity contribution in [1.82, 2.24) is 20.1 Å². The molecule has 3 rings (SSSR count). The topological polar surface area (TPSA) is 73.0 Å². The number of carbonyl (C=O) groups excluding carboxylic acids is 1.